The summed E-state index contributed by atoms with van der Waals surface area (Å²) in [4.78, 5) is 0. The summed E-state index contributed by atoms with van der Waals surface area (Å²) in [5.41, 5.74) is 2.23. The largest absolute Gasteiger partial charge is 0.492 e. The molecule has 1 aromatic rings. The fourth-order valence-electron chi connectivity index (χ4n) is 1.67. The van der Waals surface area contributed by atoms with E-state index in [1.54, 1.807) is 6.92 Å². The number of aryl methyl sites for hydroxylation is 1. The van der Waals surface area contributed by atoms with Crippen LogP contribution in [0.5, 0.6) is 5.75 Å². The number of hydrogen-bond donors (Lipinski definition) is 1. The van der Waals surface area contributed by atoms with Crippen LogP contribution in [-0.4, -0.2) is 33.1 Å². The normalized spacial score (nSPS) is 11.5. The molecule has 108 valence electrons. The monoisotopic (exact) mass is 285 g/mol. The van der Waals surface area contributed by atoms with Gasteiger partial charge in [-0.1, -0.05) is 31.5 Å². The second-order valence-corrected chi connectivity index (χ2v) is 6.95. The first kappa shape index (κ1) is 16.0. The number of nitrogens with one attached hydrogen (secondary N) is 1. The molecule has 0 amide bonds. The summed E-state index contributed by atoms with van der Waals surface area (Å²) in [5, 5.41) is 3.25. The Balaban J connectivity index is 2.66. The summed E-state index contributed by atoms with van der Waals surface area (Å²) in [7, 11) is -2.97. The van der Waals surface area contributed by atoms with E-state index in [0.717, 1.165) is 24.4 Å². The summed E-state index contributed by atoms with van der Waals surface area (Å²) in [6, 6.07) is 5.94. The molecule has 5 heteroatoms. The summed E-state index contributed by atoms with van der Waals surface area (Å²) in [6.45, 7) is 7.55. The molecule has 0 spiro atoms. The first-order chi connectivity index (χ1) is 8.98. The Morgan fingerprint density at radius 3 is 2.63 bits per heavy atom. The molecule has 1 aromatic carbocycles. The van der Waals surface area contributed by atoms with Gasteiger partial charge in [-0.3, -0.25) is 0 Å². The van der Waals surface area contributed by atoms with Crippen LogP contribution in [0.15, 0.2) is 18.2 Å². The average Bonchev–Trinajstić information content (AvgIpc) is 2.38. The van der Waals surface area contributed by atoms with Gasteiger partial charge in [0, 0.05) is 17.9 Å². The fourth-order valence-corrected chi connectivity index (χ4v) is 2.30. The molecule has 1 N–H and O–H groups in total. The lowest BCUT2D eigenvalue weighted by Crippen LogP contribution is -2.17. The zero-order chi connectivity index (χ0) is 14.3. The highest BCUT2D eigenvalue weighted by Gasteiger charge is 2.09. The van der Waals surface area contributed by atoms with E-state index in [-0.39, 0.29) is 18.1 Å². The van der Waals surface area contributed by atoms with Crippen LogP contribution in [0.2, 0.25) is 0 Å². The second-order valence-electron chi connectivity index (χ2n) is 4.48. The van der Waals surface area contributed by atoms with E-state index in [1.807, 2.05) is 26.0 Å². The molecule has 0 aliphatic heterocycles. The molecule has 0 saturated carbocycles. The zero-order valence-corrected chi connectivity index (χ0v) is 12.7. The standard InChI is InChI=1S/C14H23NO3S/c1-4-15-11-13-10-12(3)6-7-14(13)18-8-9-19(16,17)5-2/h6-7,10,15H,4-5,8-9,11H2,1-3H3. The van der Waals surface area contributed by atoms with Crippen molar-refractivity contribution in [3.8, 4) is 5.75 Å². The third-order valence-electron chi connectivity index (χ3n) is 2.87. The minimum atomic E-state index is -2.97. The molecule has 4 nitrogen and oxygen atoms in total. The van der Waals surface area contributed by atoms with Crippen LogP contribution >= 0.6 is 0 Å². The van der Waals surface area contributed by atoms with Crippen molar-refractivity contribution in [2.45, 2.75) is 27.3 Å². The minimum Gasteiger partial charge on any atom is -0.492 e. The van der Waals surface area contributed by atoms with Crippen molar-refractivity contribution in [2.24, 2.45) is 0 Å². The first-order valence-electron chi connectivity index (χ1n) is 6.62. The number of benzene rings is 1. The van der Waals surface area contributed by atoms with E-state index in [0.29, 0.717) is 0 Å². The smallest absolute Gasteiger partial charge is 0.153 e. The Labute approximate surface area is 116 Å². The Hall–Kier alpha value is -1.07. The zero-order valence-electron chi connectivity index (χ0n) is 11.9. The third-order valence-corrected chi connectivity index (χ3v) is 4.54. The van der Waals surface area contributed by atoms with Gasteiger partial charge in [0.05, 0.1) is 5.75 Å². The minimum absolute atomic E-state index is 0.0675. The van der Waals surface area contributed by atoms with Gasteiger partial charge in [0.1, 0.15) is 12.4 Å². The fraction of sp³-hybridized carbons (Fsp3) is 0.571. The molecule has 0 bridgehead atoms. The van der Waals surface area contributed by atoms with Crippen molar-refractivity contribution < 1.29 is 13.2 Å². The molecule has 0 atom stereocenters. The average molecular weight is 285 g/mol. The van der Waals surface area contributed by atoms with Crippen molar-refractivity contribution in [2.75, 3.05) is 24.7 Å². The second kappa shape index (κ2) is 7.50. The molecule has 19 heavy (non-hydrogen) atoms. The number of sulfone groups is 1. The van der Waals surface area contributed by atoms with E-state index in [1.165, 1.54) is 5.56 Å². The van der Waals surface area contributed by atoms with Crippen LogP contribution in [0.4, 0.5) is 0 Å². The van der Waals surface area contributed by atoms with Crippen LogP contribution in [0.1, 0.15) is 25.0 Å². The van der Waals surface area contributed by atoms with Gasteiger partial charge in [-0.15, -0.1) is 0 Å². The van der Waals surface area contributed by atoms with E-state index < -0.39 is 9.84 Å². The summed E-state index contributed by atoms with van der Waals surface area (Å²) < 4.78 is 28.4. The van der Waals surface area contributed by atoms with Gasteiger partial charge in [-0.25, -0.2) is 8.42 Å². The van der Waals surface area contributed by atoms with E-state index in [2.05, 4.69) is 11.4 Å². The molecule has 0 saturated heterocycles. The van der Waals surface area contributed by atoms with Crippen LogP contribution in [0.25, 0.3) is 0 Å². The van der Waals surface area contributed by atoms with E-state index in [9.17, 15) is 8.42 Å². The Bertz CT molecular complexity index is 497. The summed E-state index contributed by atoms with van der Waals surface area (Å²) in [6.07, 6.45) is 0. The SMILES string of the molecule is CCNCc1cc(C)ccc1OCCS(=O)(=O)CC. The number of ether oxygens (including phenoxy) is 1. The molecule has 0 aliphatic carbocycles. The Morgan fingerprint density at radius 2 is 2.00 bits per heavy atom. The summed E-state index contributed by atoms with van der Waals surface area (Å²) >= 11 is 0. The van der Waals surface area contributed by atoms with Gasteiger partial charge in [0.15, 0.2) is 9.84 Å². The highest BCUT2D eigenvalue weighted by molar-refractivity contribution is 7.91. The quantitative estimate of drug-likeness (QED) is 0.793. The van der Waals surface area contributed by atoms with Crippen molar-refractivity contribution in [3.63, 3.8) is 0 Å². The predicted octanol–water partition coefficient (Wildman–Crippen LogP) is 1.92. The van der Waals surface area contributed by atoms with Crippen molar-refractivity contribution in [1.29, 1.82) is 0 Å². The van der Waals surface area contributed by atoms with Gasteiger partial charge in [0.25, 0.3) is 0 Å². The molecule has 1 rings (SSSR count). The lowest BCUT2D eigenvalue weighted by Gasteiger charge is -2.12. The maximum atomic E-state index is 11.4. The van der Waals surface area contributed by atoms with Gasteiger partial charge >= 0.3 is 0 Å². The maximum Gasteiger partial charge on any atom is 0.153 e. The Kier molecular flexibility index (Phi) is 6.31. The molecule has 0 unspecified atom stereocenters. The number of rotatable bonds is 8. The van der Waals surface area contributed by atoms with E-state index in [4.69, 9.17) is 4.74 Å². The van der Waals surface area contributed by atoms with Gasteiger partial charge < -0.3 is 10.1 Å². The molecular formula is C14H23NO3S. The van der Waals surface area contributed by atoms with Crippen molar-refractivity contribution in [3.05, 3.63) is 29.3 Å². The van der Waals surface area contributed by atoms with Gasteiger partial charge in [-0.2, -0.15) is 0 Å². The van der Waals surface area contributed by atoms with Crippen molar-refractivity contribution >= 4 is 9.84 Å². The van der Waals surface area contributed by atoms with Gasteiger partial charge in [-0.05, 0) is 19.5 Å². The Morgan fingerprint density at radius 1 is 1.26 bits per heavy atom. The van der Waals surface area contributed by atoms with Crippen LogP contribution in [0, 0.1) is 6.92 Å². The predicted molar refractivity (Wildman–Crippen MR) is 78.4 cm³/mol. The van der Waals surface area contributed by atoms with Crippen LogP contribution < -0.4 is 10.1 Å². The highest BCUT2D eigenvalue weighted by atomic mass is 32.2. The van der Waals surface area contributed by atoms with Crippen LogP contribution in [0.3, 0.4) is 0 Å². The molecule has 0 fully saturated rings. The molecule has 0 aromatic heterocycles. The molecular weight excluding hydrogens is 262 g/mol. The first-order valence-corrected chi connectivity index (χ1v) is 8.44. The molecule has 0 aliphatic rings. The molecule has 0 heterocycles. The highest BCUT2D eigenvalue weighted by Crippen LogP contribution is 2.20. The van der Waals surface area contributed by atoms with E-state index >= 15 is 0 Å². The van der Waals surface area contributed by atoms with Crippen molar-refractivity contribution in [1.82, 2.24) is 5.32 Å². The summed E-state index contributed by atoms with van der Waals surface area (Å²) in [5.74, 6) is 0.991. The van der Waals surface area contributed by atoms with Gasteiger partial charge in [0.2, 0.25) is 0 Å². The maximum absolute atomic E-state index is 11.4. The van der Waals surface area contributed by atoms with Crippen LogP contribution in [-0.2, 0) is 16.4 Å². The lowest BCUT2D eigenvalue weighted by molar-refractivity contribution is 0.336. The lowest BCUT2D eigenvalue weighted by atomic mass is 10.1. The number of hydrogen-bond acceptors (Lipinski definition) is 4. The topological polar surface area (TPSA) is 55.4 Å². The third kappa shape index (κ3) is 5.61. The molecule has 0 radical (unpaired) electrons.